The van der Waals surface area contributed by atoms with Gasteiger partial charge in [0.05, 0.1) is 20.9 Å². The third-order valence-electron chi connectivity index (χ3n) is 5.91. The summed E-state index contributed by atoms with van der Waals surface area (Å²) in [5.74, 6) is 0.318. The van der Waals surface area contributed by atoms with E-state index >= 15 is 0 Å². The lowest BCUT2D eigenvalue weighted by atomic mass is 9.86. The summed E-state index contributed by atoms with van der Waals surface area (Å²) in [4.78, 5) is 17.7. The molecule has 10 heteroatoms. The summed E-state index contributed by atoms with van der Waals surface area (Å²) in [7, 11) is -3.52. The molecule has 0 atom stereocenters. The number of rotatable bonds is 6. The van der Waals surface area contributed by atoms with Crippen LogP contribution in [0.1, 0.15) is 56.9 Å². The van der Waals surface area contributed by atoms with Crippen LogP contribution in [0.3, 0.4) is 0 Å². The van der Waals surface area contributed by atoms with Gasteiger partial charge in [-0.1, -0.05) is 22.0 Å². The average molecular weight is 543 g/mol. The number of amides is 1. The molecule has 0 unspecified atom stereocenters. The SMILES string of the molecule is CC(C)OC(=O)N[C@H]1CC[C@H](c2ncc(-c3ccc(Br)cc3S(=O)(=O)N3CCC3)s2)CC1. The van der Waals surface area contributed by atoms with Crippen molar-refractivity contribution < 1.29 is 17.9 Å². The lowest BCUT2D eigenvalue weighted by molar-refractivity contribution is 0.109. The van der Waals surface area contributed by atoms with Gasteiger partial charge in [-0.3, -0.25) is 0 Å². The number of halogens is 1. The van der Waals surface area contributed by atoms with Crippen molar-refractivity contribution in [1.29, 1.82) is 0 Å². The fourth-order valence-electron chi connectivity index (χ4n) is 4.08. The second-order valence-corrected chi connectivity index (χ2v) is 12.5. The molecule has 1 N–H and O–H groups in total. The fourth-order valence-corrected chi connectivity index (χ4v) is 7.53. The van der Waals surface area contributed by atoms with Crippen molar-refractivity contribution >= 4 is 43.4 Å². The Balaban J connectivity index is 1.47. The molecule has 2 aromatic rings. The van der Waals surface area contributed by atoms with E-state index in [-0.39, 0.29) is 18.2 Å². The van der Waals surface area contributed by atoms with Crippen molar-refractivity contribution in [2.24, 2.45) is 0 Å². The Morgan fingerprint density at radius 2 is 1.97 bits per heavy atom. The van der Waals surface area contributed by atoms with Gasteiger partial charge in [0.2, 0.25) is 10.0 Å². The number of alkyl carbamates (subject to hydrolysis) is 1. The summed E-state index contributed by atoms with van der Waals surface area (Å²) in [5, 5.41) is 3.98. The first kappa shape index (κ1) is 23.7. The van der Waals surface area contributed by atoms with E-state index in [1.54, 1.807) is 23.6 Å². The minimum absolute atomic E-state index is 0.122. The van der Waals surface area contributed by atoms with E-state index in [9.17, 15) is 13.2 Å². The van der Waals surface area contributed by atoms with Gasteiger partial charge in [-0.15, -0.1) is 11.3 Å². The monoisotopic (exact) mass is 541 g/mol. The molecule has 1 aliphatic heterocycles. The zero-order valence-corrected chi connectivity index (χ0v) is 21.4. The molecule has 7 nitrogen and oxygen atoms in total. The molecular weight excluding hydrogens is 514 g/mol. The van der Waals surface area contributed by atoms with Crippen molar-refractivity contribution in [3.63, 3.8) is 0 Å². The summed E-state index contributed by atoms with van der Waals surface area (Å²) in [5.41, 5.74) is 0.704. The largest absolute Gasteiger partial charge is 0.447 e. The molecule has 2 aliphatic rings. The van der Waals surface area contributed by atoms with Crippen molar-refractivity contribution in [2.75, 3.05) is 13.1 Å². The highest BCUT2D eigenvalue weighted by atomic mass is 79.9. The van der Waals surface area contributed by atoms with Gasteiger partial charge in [0.15, 0.2) is 0 Å². The predicted molar refractivity (Wildman–Crippen MR) is 128 cm³/mol. The molecular formula is C22H28BrN3O4S2. The Bertz CT molecular complexity index is 1070. The van der Waals surface area contributed by atoms with Gasteiger partial charge in [0.25, 0.3) is 0 Å². The van der Waals surface area contributed by atoms with Crippen LogP contribution in [0.5, 0.6) is 0 Å². The number of aromatic nitrogens is 1. The van der Waals surface area contributed by atoms with Gasteiger partial charge in [0.1, 0.15) is 0 Å². The number of thiazole rings is 1. The summed E-state index contributed by atoms with van der Waals surface area (Å²) in [6.45, 7) is 4.82. The number of hydrogen-bond acceptors (Lipinski definition) is 6. The fraction of sp³-hybridized carbons (Fsp3) is 0.545. The molecule has 1 saturated heterocycles. The maximum Gasteiger partial charge on any atom is 0.407 e. The predicted octanol–water partition coefficient (Wildman–Crippen LogP) is 5.13. The molecule has 174 valence electrons. The smallest absolute Gasteiger partial charge is 0.407 e. The van der Waals surface area contributed by atoms with Gasteiger partial charge in [-0.05, 0) is 58.1 Å². The van der Waals surface area contributed by atoms with Crippen molar-refractivity contribution in [1.82, 2.24) is 14.6 Å². The maximum absolute atomic E-state index is 13.1. The van der Waals surface area contributed by atoms with E-state index in [1.807, 2.05) is 26.0 Å². The Morgan fingerprint density at radius 1 is 1.25 bits per heavy atom. The number of carbonyl (C=O) groups excluding carboxylic acids is 1. The molecule has 0 spiro atoms. The highest BCUT2D eigenvalue weighted by molar-refractivity contribution is 9.10. The first-order valence-corrected chi connectivity index (χ1v) is 14.0. The van der Waals surface area contributed by atoms with Crippen LogP contribution >= 0.6 is 27.3 Å². The molecule has 1 aromatic carbocycles. The van der Waals surface area contributed by atoms with Crippen LogP contribution < -0.4 is 5.32 Å². The van der Waals surface area contributed by atoms with Crippen LogP contribution in [0.2, 0.25) is 0 Å². The number of carbonyl (C=O) groups is 1. The number of nitrogens with one attached hydrogen (secondary N) is 1. The number of nitrogens with zero attached hydrogens (tertiary/aromatic N) is 2. The summed E-state index contributed by atoms with van der Waals surface area (Å²) >= 11 is 4.99. The topological polar surface area (TPSA) is 88.6 Å². The Morgan fingerprint density at radius 3 is 2.59 bits per heavy atom. The number of benzene rings is 1. The van der Waals surface area contributed by atoms with Gasteiger partial charge >= 0.3 is 6.09 Å². The Labute approximate surface area is 201 Å². The summed E-state index contributed by atoms with van der Waals surface area (Å²) < 4.78 is 33.7. The van der Waals surface area contributed by atoms with Crippen LogP contribution in [-0.2, 0) is 14.8 Å². The standard InChI is InChI=1S/C22H28BrN3O4S2/c1-14(2)30-22(27)25-17-7-4-15(5-8-17)21-24-13-19(31-21)18-9-6-16(23)12-20(18)32(28,29)26-10-3-11-26/h6,9,12-15,17H,3-5,7-8,10-11H2,1-2H3,(H,25,27)/t15-,17-. The Hall–Kier alpha value is -1.49. The van der Waals surface area contributed by atoms with Gasteiger partial charge in [-0.25, -0.2) is 18.2 Å². The van der Waals surface area contributed by atoms with Crippen LogP contribution in [0.25, 0.3) is 10.4 Å². The van der Waals surface area contributed by atoms with Gasteiger partial charge in [0, 0.05) is 41.3 Å². The minimum atomic E-state index is -3.52. The second kappa shape index (κ2) is 9.79. The summed E-state index contributed by atoms with van der Waals surface area (Å²) in [6, 6.07) is 5.54. The van der Waals surface area contributed by atoms with E-state index in [1.165, 1.54) is 4.31 Å². The molecule has 1 saturated carbocycles. The summed E-state index contributed by atoms with van der Waals surface area (Å²) in [6.07, 6.45) is 5.82. The highest BCUT2D eigenvalue weighted by Crippen LogP contribution is 2.40. The van der Waals surface area contributed by atoms with Gasteiger partial charge in [-0.2, -0.15) is 4.31 Å². The second-order valence-electron chi connectivity index (χ2n) is 8.61. The van der Waals surface area contributed by atoms with E-state index < -0.39 is 10.0 Å². The Kier molecular flexibility index (Phi) is 7.24. The zero-order valence-electron chi connectivity index (χ0n) is 18.2. The van der Waals surface area contributed by atoms with E-state index in [2.05, 4.69) is 26.2 Å². The van der Waals surface area contributed by atoms with E-state index in [4.69, 9.17) is 4.74 Å². The average Bonchev–Trinajstić information content (AvgIpc) is 3.16. The lowest BCUT2D eigenvalue weighted by Crippen LogP contribution is -2.42. The molecule has 2 fully saturated rings. The van der Waals surface area contributed by atoms with Crippen LogP contribution in [0.4, 0.5) is 4.79 Å². The number of sulfonamides is 1. The normalized spacial score (nSPS) is 21.9. The molecule has 32 heavy (non-hydrogen) atoms. The van der Waals surface area contributed by atoms with Crippen molar-refractivity contribution in [3.8, 4) is 10.4 Å². The van der Waals surface area contributed by atoms with E-state index in [0.29, 0.717) is 29.5 Å². The van der Waals surface area contributed by atoms with E-state index in [0.717, 1.165) is 46.5 Å². The number of hydrogen-bond donors (Lipinski definition) is 1. The van der Waals surface area contributed by atoms with Crippen molar-refractivity contribution in [2.45, 2.75) is 68.9 Å². The molecule has 1 amide bonds. The molecule has 2 heterocycles. The molecule has 4 rings (SSSR count). The number of ether oxygens (including phenoxy) is 1. The van der Waals surface area contributed by atoms with Crippen molar-refractivity contribution in [3.05, 3.63) is 33.9 Å². The highest BCUT2D eigenvalue weighted by Gasteiger charge is 2.32. The quantitative estimate of drug-likeness (QED) is 0.547. The minimum Gasteiger partial charge on any atom is -0.447 e. The van der Waals surface area contributed by atoms with Crippen LogP contribution in [-0.4, -0.2) is 49.0 Å². The lowest BCUT2D eigenvalue weighted by Gasteiger charge is -2.30. The maximum atomic E-state index is 13.1. The third-order valence-corrected chi connectivity index (χ3v) is 9.53. The molecule has 0 bridgehead atoms. The molecule has 1 aromatic heterocycles. The van der Waals surface area contributed by atoms with Crippen LogP contribution in [0, 0.1) is 0 Å². The third kappa shape index (κ3) is 5.18. The molecule has 0 radical (unpaired) electrons. The zero-order chi connectivity index (χ0) is 22.9. The first-order valence-electron chi connectivity index (χ1n) is 11.0. The van der Waals surface area contributed by atoms with Gasteiger partial charge < -0.3 is 10.1 Å². The van der Waals surface area contributed by atoms with Crippen LogP contribution in [0.15, 0.2) is 33.8 Å². The first-order chi connectivity index (χ1) is 15.2. The molecule has 1 aliphatic carbocycles.